The van der Waals surface area contributed by atoms with Crippen molar-refractivity contribution in [2.45, 2.75) is 25.9 Å². The SMILES string of the molecule is C[C@@H]1CN(C(=O)c2cnc(-c3ccccc3F)s2)C[C@H](C)N1. The van der Waals surface area contributed by atoms with Crippen molar-refractivity contribution in [3.05, 3.63) is 41.2 Å². The van der Waals surface area contributed by atoms with Crippen LogP contribution in [0.1, 0.15) is 23.5 Å². The summed E-state index contributed by atoms with van der Waals surface area (Å²) in [6, 6.07) is 7.02. The summed E-state index contributed by atoms with van der Waals surface area (Å²) in [5, 5.41) is 3.94. The van der Waals surface area contributed by atoms with E-state index in [0.717, 1.165) is 0 Å². The van der Waals surface area contributed by atoms with Gasteiger partial charge < -0.3 is 10.2 Å². The van der Waals surface area contributed by atoms with Crippen LogP contribution in [0.2, 0.25) is 0 Å². The Labute approximate surface area is 133 Å². The molecule has 0 saturated carbocycles. The van der Waals surface area contributed by atoms with Gasteiger partial charge in [0.05, 0.1) is 6.20 Å². The van der Waals surface area contributed by atoms with Gasteiger partial charge in [-0.25, -0.2) is 9.37 Å². The molecular formula is C16H18FN3OS. The van der Waals surface area contributed by atoms with E-state index in [0.29, 0.717) is 28.5 Å². The van der Waals surface area contributed by atoms with Gasteiger partial charge in [-0.1, -0.05) is 12.1 Å². The minimum absolute atomic E-state index is 0.0275. The number of halogens is 1. The molecule has 116 valence electrons. The van der Waals surface area contributed by atoms with Crippen LogP contribution in [0.3, 0.4) is 0 Å². The molecule has 0 spiro atoms. The van der Waals surface area contributed by atoms with Crippen LogP contribution in [0.15, 0.2) is 30.5 Å². The Hall–Kier alpha value is -1.79. The summed E-state index contributed by atoms with van der Waals surface area (Å²) in [7, 11) is 0. The molecule has 3 rings (SSSR count). The van der Waals surface area contributed by atoms with E-state index in [1.54, 1.807) is 24.4 Å². The van der Waals surface area contributed by atoms with Gasteiger partial charge in [-0.3, -0.25) is 4.79 Å². The lowest BCUT2D eigenvalue weighted by molar-refractivity contribution is 0.0678. The van der Waals surface area contributed by atoms with E-state index in [-0.39, 0.29) is 23.8 Å². The van der Waals surface area contributed by atoms with E-state index in [9.17, 15) is 9.18 Å². The van der Waals surface area contributed by atoms with Crippen LogP contribution < -0.4 is 5.32 Å². The molecule has 0 radical (unpaired) electrons. The summed E-state index contributed by atoms with van der Waals surface area (Å²) in [6.07, 6.45) is 1.55. The summed E-state index contributed by atoms with van der Waals surface area (Å²) in [6.45, 7) is 5.48. The molecule has 2 aromatic rings. The molecule has 1 aliphatic rings. The van der Waals surface area contributed by atoms with Crippen LogP contribution in [-0.2, 0) is 0 Å². The van der Waals surface area contributed by atoms with Gasteiger partial charge in [0.25, 0.3) is 5.91 Å². The van der Waals surface area contributed by atoms with Crippen molar-refractivity contribution in [2.24, 2.45) is 0 Å². The zero-order chi connectivity index (χ0) is 15.7. The second-order valence-corrected chi connectivity index (χ2v) is 6.72. The number of rotatable bonds is 2. The van der Waals surface area contributed by atoms with Crippen molar-refractivity contribution in [2.75, 3.05) is 13.1 Å². The Morgan fingerprint density at radius 3 is 2.68 bits per heavy atom. The summed E-state index contributed by atoms with van der Waals surface area (Å²) >= 11 is 1.24. The number of nitrogens with zero attached hydrogens (tertiary/aromatic N) is 2. The Kier molecular flexibility index (Phi) is 4.22. The number of amides is 1. The molecule has 1 fully saturated rings. The van der Waals surface area contributed by atoms with Crippen LogP contribution in [0.25, 0.3) is 10.6 Å². The Morgan fingerprint density at radius 1 is 1.32 bits per heavy atom. The Balaban J connectivity index is 1.82. The minimum atomic E-state index is -0.319. The first-order valence-electron chi connectivity index (χ1n) is 7.30. The van der Waals surface area contributed by atoms with E-state index in [4.69, 9.17) is 0 Å². The molecule has 6 heteroatoms. The maximum atomic E-state index is 13.8. The number of hydrogen-bond acceptors (Lipinski definition) is 4. The maximum Gasteiger partial charge on any atom is 0.265 e. The normalized spacial score (nSPS) is 21.9. The average Bonchev–Trinajstić information content (AvgIpc) is 2.95. The lowest BCUT2D eigenvalue weighted by Crippen LogP contribution is -2.55. The van der Waals surface area contributed by atoms with Crippen molar-refractivity contribution in [1.29, 1.82) is 0 Å². The van der Waals surface area contributed by atoms with Crippen molar-refractivity contribution in [3.63, 3.8) is 0 Å². The number of carbonyl (C=O) groups excluding carboxylic acids is 1. The number of thiazole rings is 1. The molecule has 2 atom stereocenters. The van der Waals surface area contributed by atoms with Crippen LogP contribution >= 0.6 is 11.3 Å². The molecular weight excluding hydrogens is 301 g/mol. The first-order valence-corrected chi connectivity index (χ1v) is 8.12. The Bertz CT molecular complexity index is 678. The molecule has 1 N–H and O–H groups in total. The molecule has 0 unspecified atom stereocenters. The van der Waals surface area contributed by atoms with Crippen LogP contribution in [0.4, 0.5) is 4.39 Å². The highest BCUT2D eigenvalue weighted by Gasteiger charge is 2.27. The highest BCUT2D eigenvalue weighted by Crippen LogP contribution is 2.28. The second kappa shape index (κ2) is 6.14. The van der Waals surface area contributed by atoms with E-state index in [1.165, 1.54) is 17.4 Å². The minimum Gasteiger partial charge on any atom is -0.335 e. The predicted molar refractivity (Wildman–Crippen MR) is 85.5 cm³/mol. The van der Waals surface area contributed by atoms with Crippen LogP contribution in [-0.4, -0.2) is 41.0 Å². The zero-order valence-corrected chi connectivity index (χ0v) is 13.4. The topological polar surface area (TPSA) is 45.2 Å². The van der Waals surface area contributed by atoms with E-state index in [2.05, 4.69) is 24.1 Å². The van der Waals surface area contributed by atoms with E-state index >= 15 is 0 Å². The summed E-state index contributed by atoms with van der Waals surface area (Å²) in [5.41, 5.74) is 0.439. The first kappa shape index (κ1) is 15.1. The third-order valence-electron chi connectivity index (χ3n) is 3.67. The fourth-order valence-corrected chi connectivity index (χ4v) is 3.69. The lowest BCUT2D eigenvalue weighted by Gasteiger charge is -2.35. The third kappa shape index (κ3) is 3.03. The predicted octanol–water partition coefficient (Wildman–Crippen LogP) is 2.77. The molecule has 4 nitrogen and oxygen atoms in total. The van der Waals surface area contributed by atoms with Crippen molar-refractivity contribution < 1.29 is 9.18 Å². The number of piperazine rings is 1. The van der Waals surface area contributed by atoms with Crippen molar-refractivity contribution in [1.82, 2.24) is 15.2 Å². The van der Waals surface area contributed by atoms with Crippen molar-refractivity contribution in [3.8, 4) is 10.6 Å². The molecule has 1 aromatic carbocycles. The molecule has 1 aromatic heterocycles. The van der Waals surface area contributed by atoms with Gasteiger partial charge in [0, 0.05) is 30.7 Å². The van der Waals surface area contributed by atoms with Gasteiger partial charge in [0.1, 0.15) is 15.7 Å². The van der Waals surface area contributed by atoms with Gasteiger partial charge in [-0.2, -0.15) is 0 Å². The molecule has 2 heterocycles. The monoisotopic (exact) mass is 319 g/mol. The smallest absolute Gasteiger partial charge is 0.265 e. The lowest BCUT2D eigenvalue weighted by atomic mass is 10.1. The van der Waals surface area contributed by atoms with Gasteiger partial charge in [0.2, 0.25) is 0 Å². The summed E-state index contributed by atoms with van der Waals surface area (Å²) < 4.78 is 13.8. The molecule has 0 aliphatic carbocycles. The largest absolute Gasteiger partial charge is 0.335 e. The van der Waals surface area contributed by atoms with Crippen molar-refractivity contribution >= 4 is 17.2 Å². The molecule has 1 amide bonds. The number of hydrogen-bond donors (Lipinski definition) is 1. The molecule has 1 aliphatic heterocycles. The van der Waals surface area contributed by atoms with Gasteiger partial charge in [0.15, 0.2) is 0 Å². The zero-order valence-electron chi connectivity index (χ0n) is 12.5. The van der Waals surface area contributed by atoms with E-state index in [1.807, 2.05) is 4.90 Å². The average molecular weight is 319 g/mol. The molecule has 1 saturated heterocycles. The van der Waals surface area contributed by atoms with Gasteiger partial charge >= 0.3 is 0 Å². The highest BCUT2D eigenvalue weighted by atomic mass is 32.1. The standard InChI is InChI=1S/C16H18FN3OS/c1-10-8-20(9-11(2)19-10)16(21)14-7-18-15(22-14)12-5-3-4-6-13(12)17/h3-7,10-11,19H,8-9H2,1-2H3/t10-,11+. The highest BCUT2D eigenvalue weighted by molar-refractivity contribution is 7.16. The molecule has 0 bridgehead atoms. The number of nitrogens with one attached hydrogen (secondary N) is 1. The number of carbonyl (C=O) groups is 1. The second-order valence-electron chi connectivity index (χ2n) is 5.69. The first-order chi connectivity index (χ1) is 10.5. The Morgan fingerprint density at radius 2 is 2.00 bits per heavy atom. The maximum absolute atomic E-state index is 13.8. The van der Waals surface area contributed by atoms with Crippen LogP contribution in [0.5, 0.6) is 0 Å². The summed E-state index contributed by atoms with van der Waals surface area (Å²) in [5.74, 6) is -0.347. The third-order valence-corrected chi connectivity index (χ3v) is 4.68. The van der Waals surface area contributed by atoms with Crippen LogP contribution in [0, 0.1) is 5.82 Å². The number of aromatic nitrogens is 1. The quantitative estimate of drug-likeness (QED) is 0.926. The molecule has 22 heavy (non-hydrogen) atoms. The fraction of sp³-hybridized carbons (Fsp3) is 0.375. The van der Waals surface area contributed by atoms with E-state index < -0.39 is 0 Å². The summed E-state index contributed by atoms with van der Waals surface area (Å²) in [4.78, 5) is 19.2. The number of benzene rings is 1. The fourth-order valence-electron chi connectivity index (χ4n) is 2.78. The van der Waals surface area contributed by atoms with Gasteiger partial charge in [-0.15, -0.1) is 11.3 Å². The van der Waals surface area contributed by atoms with Gasteiger partial charge in [-0.05, 0) is 26.0 Å².